The second-order valence-electron chi connectivity index (χ2n) is 3.78. The van der Waals surface area contributed by atoms with Gasteiger partial charge in [-0.1, -0.05) is 0 Å². The maximum absolute atomic E-state index is 5.57. The van der Waals surface area contributed by atoms with Gasteiger partial charge in [0.2, 0.25) is 0 Å². The molecule has 0 amide bonds. The van der Waals surface area contributed by atoms with Gasteiger partial charge in [-0.15, -0.1) is 0 Å². The standard InChI is InChI=1S/C8H16N2O/c1-8(2,3)11-5-7-4-9-6-10-7/h6-7H,4-5H2,1-3H3,(H,9,10)/t7-/m0/s1. The molecule has 1 N–H and O–H groups in total. The normalized spacial score (nSPS) is 23.7. The zero-order chi connectivity index (χ0) is 8.32. The molecule has 1 aliphatic rings. The highest BCUT2D eigenvalue weighted by Crippen LogP contribution is 2.07. The van der Waals surface area contributed by atoms with Gasteiger partial charge in [-0.25, -0.2) is 0 Å². The van der Waals surface area contributed by atoms with Gasteiger partial charge in [-0.2, -0.15) is 0 Å². The van der Waals surface area contributed by atoms with Crippen molar-refractivity contribution in [1.29, 1.82) is 0 Å². The summed E-state index contributed by atoms with van der Waals surface area (Å²) in [6.45, 7) is 7.76. The summed E-state index contributed by atoms with van der Waals surface area (Å²) in [5.74, 6) is 0. The molecule has 0 saturated heterocycles. The highest BCUT2D eigenvalue weighted by atomic mass is 16.5. The van der Waals surface area contributed by atoms with Crippen LogP contribution >= 0.6 is 0 Å². The van der Waals surface area contributed by atoms with E-state index in [-0.39, 0.29) is 5.60 Å². The van der Waals surface area contributed by atoms with Crippen LogP contribution in [0, 0.1) is 0 Å². The van der Waals surface area contributed by atoms with Crippen LogP contribution in [0.15, 0.2) is 4.99 Å². The van der Waals surface area contributed by atoms with E-state index in [1.54, 1.807) is 6.34 Å². The van der Waals surface area contributed by atoms with Crippen LogP contribution in [0.2, 0.25) is 0 Å². The first-order valence-electron chi connectivity index (χ1n) is 3.96. The Morgan fingerprint density at radius 1 is 1.64 bits per heavy atom. The summed E-state index contributed by atoms with van der Waals surface area (Å²) >= 11 is 0. The van der Waals surface area contributed by atoms with Gasteiger partial charge in [0, 0.05) is 0 Å². The molecule has 0 unspecified atom stereocenters. The molecule has 0 radical (unpaired) electrons. The van der Waals surface area contributed by atoms with Crippen LogP contribution in [-0.4, -0.2) is 31.1 Å². The summed E-state index contributed by atoms with van der Waals surface area (Å²) in [5, 5.41) is 3.11. The average molecular weight is 156 g/mol. The van der Waals surface area contributed by atoms with E-state index in [9.17, 15) is 0 Å². The quantitative estimate of drug-likeness (QED) is 0.641. The molecule has 0 aromatic carbocycles. The fourth-order valence-corrected chi connectivity index (χ4v) is 0.842. The summed E-state index contributed by atoms with van der Waals surface area (Å²) in [4.78, 5) is 4.05. The van der Waals surface area contributed by atoms with Crippen molar-refractivity contribution in [2.24, 2.45) is 4.99 Å². The van der Waals surface area contributed by atoms with E-state index in [1.165, 1.54) is 0 Å². The van der Waals surface area contributed by atoms with Crippen LogP contribution in [0.1, 0.15) is 20.8 Å². The lowest BCUT2D eigenvalue weighted by atomic mass is 10.2. The molecule has 0 aromatic heterocycles. The highest BCUT2D eigenvalue weighted by Gasteiger charge is 2.15. The average Bonchev–Trinajstić information content (AvgIpc) is 2.32. The zero-order valence-electron chi connectivity index (χ0n) is 7.42. The largest absolute Gasteiger partial charge is 0.374 e. The predicted octanol–water partition coefficient (Wildman–Crippen LogP) is 0.802. The molecule has 64 valence electrons. The number of ether oxygens (including phenoxy) is 1. The molecule has 3 nitrogen and oxygen atoms in total. The molecule has 0 bridgehead atoms. The van der Waals surface area contributed by atoms with E-state index < -0.39 is 0 Å². The van der Waals surface area contributed by atoms with Crippen molar-refractivity contribution in [3.05, 3.63) is 0 Å². The molecule has 0 spiro atoms. The van der Waals surface area contributed by atoms with Gasteiger partial charge in [-0.05, 0) is 20.8 Å². The second kappa shape index (κ2) is 3.22. The topological polar surface area (TPSA) is 33.6 Å². The Morgan fingerprint density at radius 3 is 2.82 bits per heavy atom. The SMILES string of the molecule is CC(C)(C)OC[C@@H]1CN=CN1. The Kier molecular flexibility index (Phi) is 2.49. The number of hydrogen-bond acceptors (Lipinski definition) is 3. The molecule has 11 heavy (non-hydrogen) atoms. The third-order valence-corrected chi connectivity index (χ3v) is 1.44. The van der Waals surface area contributed by atoms with E-state index in [4.69, 9.17) is 4.74 Å². The summed E-state index contributed by atoms with van der Waals surface area (Å²) in [6, 6.07) is 0.384. The first-order valence-corrected chi connectivity index (χ1v) is 3.96. The van der Waals surface area contributed by atoms with Gasteiger partial charge in [0.25, 0.3) is 0 Å². The number of aliphatic imine (C=N–C) groups is 1. The molecule has 3 heteroatoms. The van der Waals surface area contributed by atoms with Crippen molar-refractivity contribution >= 4 is 6.34 Å². The fourth-order valence-electron chi connectivity index (χ4n) is 0.842. The van der Waals surface area contributed by atoms with Gasteiger partial charge in [0.05, 0.1) is 31.1 Å². The van der Waals surface area contributed by atoms with Crippen molar-refractivity contribution in [2.75, 3.05) is 13.2 Å². The van der Waals surface area contributed by atoms with Crippen molar-refractivity contribution in [3.8, 4) is 0 Å². The van der Waals surface area contributed by atoms with Crippen LogP contribution in [0.25, 0.3) is 0 Å². The molecule has 0 saturated carbocycles. The van der Waals surface area contributed by atoms with E-state index in [1.807, 2.05) is 0 Å². The molecular weight excluding hydrogens is 140 g/mol. The molecule has 1 heterocycles. The van der Waals surface area contributed by atoms with Gasteiger partial charge < -0.3 is 10.1 Å². The summed E-state index contributed by atoms with van der Waals surface area (Å²) < 4.78 is 5.57. The molecule has 0 aromatic rings. The van der Waals surface area contributed by atoms with E-state index in [2.05, 4.69) is 31.1 Å². The Bertz CT molecular complexity index is 141. The van der Waals surface area contributed by atoms with E-state index in [0.29, 0.717) is 6.04 Å². The number of hydrogen-bond donors (Lipinski definition) is 1. The lowest BCUT2D eigenvalue weighted by Gasteiger charge is -2.21. The molecule has 0 aliphatic carbocycles. The maximum atomic E-state index is 5.57. The minimum Gasteiger partial charge on any atom is -0.374 e. The van der Waals surface area contributed by atoms with Gasteiger partial charge >= 0.3 is 0 Å². The van der Waals surface area contributed by atoms with E-state index >= 15 is 0 Å². The van der Waals surface area contributed by atoms with Gasteiger partial charge in [0.15, 0.2) is 0 Å². The van der Waals surface area contributed by atoms with E-state index in [0.717, 1.165) is 13.2 Å². The first-order chi connectivity index (χ1) is 5.08. The van der Waals surface area contributed by atoms with Crippen molar-refractivity contribution in [3.63, 3.8) is 0 Å². The molecule has 1 aliphatic heterocycles. The lowest BCUT2D eigenvalue weighted by molar-refractivity contribution is -0.0101. The number of rotatable bonds is 2. The molecule has 1 atom stereocenters. The van der Waals surface area contributed by atoms with Gasteiger partial charge in [-0.3, -0.25) is 4.99 Å². The van der Waals surface area contributed by atoms with Crippen molar-refractivity contribution in [1.82, 2.24) is 5.32 Å². The monoisotopic (exact) mass is 156 g/mol. The van der Waals surface area contributed by atoms with Crippen LogP contribution in [-0.2, 0) is 4.74 Å². The summed E-state index contributed by atoms with van der Waals surface area (Å²) in [5.41, 5.74) is -0.0374. The van der Waals surface area contributed by atoms with Crippen molar-refractivity contribution < 1.29 is 4.74 Å². The Hall–Kier alpha value is -0.570. The van der Waals surface area contributed by atoms with Crippen molar-refractivity contribution in [2.45, 2.75) is 32.4 Å². The number of nitrogens with zero attached hydrogens (tertiary/aromatic N) is 1. The second-order valence-corrected chi connectivity index (χ2v) is 3.78. The minimum atomic E-state index is -0.0374. The Labute approximate surface area is 67.8 Å². The summed E-state index contributed by atoms with van der Waals surface area (Å²) in [7, 11) is 0. The zero-order valence-corrected chi connectivity index (χ0v) is 7.42. The first kappa shape index (κ1) is 8.53. The van der Waals surface area contributed by atoms with Crippen LogP contribution in [0.4, 0.5) is 0 Å². The minimum absolute atomic E-state index is 0.0374. The third-order valence-electron chi connectivity index (χ3n) is 1.44. The predicted molar refractivity (Wildman–Crippen MR) is 46.0 cm³/mol. The smallest absolute Gasteiger partial charge is 0.0828 e. The lowest BCUT2D eigenvalue weighted by Crippen LogP contribution is -2.34. The van der Waals surface area contributed by atoms with Crippen LogP contribution < -0.4 is 5.32 Å². The Morgan fingerprint density at radius 2 is 2.36 bits per heavy atom. The fraction of sp³-hybridized carbons (Fsp3) is 0.875. The third kappa shape index (κ3) is 3.37. The molecule has 1 rings (SSSR count). The van der Waals surface area contributed by atoms with Crippen LogP contribution in [0.5, 0.6) is 0 Å². The van der Waals surface area contributed by atoms with Crippen LogP contribution in [0.3, 0.4) is 0 Å². The maximum Gasteiger partial charge on any atom is 0.0828 e. The highest BCUT2D eigenvalue weighted by molar-refractivity contribution is 5.57. The number of nitrogens with one attached hydrogen (secondary N) is 1. The molecular formula is C8H16N2O. The van der Waals surface area contributed by atoms with Gasteiger partial charge in [0.1, 0.15) is 0 Å². The molecule has 0 fully saturated rings. The summed E-state index contributed by atoms with van der Waals surface area (Å²) in [6.07, 6.45) is 1.75. The Balaban J connectivity index is 2.13.